The molecule has 0 aromatic heterocycles. The largest absolute Gasteiger partial charge is 0.371 e. The minimum absolute atomic E-state index is 1.24. The van der Waals surface area contributed by atoms with Crippen LogP contribution in [0.1, 0.15) is 36.0 Å². The lowest BCUT2D eigenvalue weighted by Gasteiger charge is -2.31. The summed E-state index contributed by atoms with van der Waals surface area (Å²) in [6, 6.07) is 4.61. The Kier molecular flexibility index (Phi) is 2.99. The second kappa shape index (κ2) is 4.26. The van der Waals surface area contributed by atoms with Crippen molar-refractivity contribution < 1.29 is 0 Å². The molecule has 0 bridgehead atoms. The molecule has 1 aliphatic heterocycles. The average Bonchev–Trinajstić information content (AvgIpc) is 2.17. The van der Waals surface area contributed by atoms with Gasteiger partial charge in [0.15, 0.2) is 0 Å². The summed E-state index contributed by atoms with van der Waals surface area (Å²) in [5.74, 6) is 0. The Labute approximate surface area is 93.1 Å². The van der Waals surface area contributed by atoms with E-state index in [0.717, 1.165) is 0 Å². The third-order valence-corrected chi connectivity index (χ3v) is 3.31. The number of hydrogen-bond acceptors (Lipinski definition) is 1. The summed E-state index contributed by atoms with van der Waals surface area (Å²) in [7, 11) is 0. The fourth-order valence-electron chi connectivity index (χ4n) is 2.79. The van der Waals surface area contributed by atoms with Crippen LogP contribution in [0, 0.1) is 20.8 Å². The SMILES string of the molecule is Cc1cc(C)c(N2CCCCC2)c(C)c1. The van der Waals surface area contributed by atoms with Crippen molar-refractivity contribution in [1.82, 2.24) is 0 Å². The van der Waals surface area contributed by atoms with Crippen LogP contribution < -0.4 is 4.90 Å². The van der Waals surface area contributed by atoms with Gasteiger partial charge < -0.3 is 4.90 Å². The highest BCUT2D eigenvalue weighted by molar-refractivity contribution is 5.60. The number of aryl methyl sites for hydroxylation is 3. The maximum atomic E-state index is 2.56. The van der Waals surface area contributed by atoms with Crippen molar-refractivity contribution in [1.29, 1.82) is 0 Å². The maximum absolute atomic E-state index is 2.56. The first-order chi connectivity index (χ1) is 7.18. The molecule has 1 saturated heterocycles. The van der Waals surface area contributed by atoms with Gasteiger partial charge in [-0.25, -0.2) is 0 Å². The van der Waals surface area contributed by atoms with E-state index in [1.54, 1.807) is 0 Å². The van der Waals surface area contributed by atoms with Crippen LogP contribution in [0.3, 0.4) is 0 Å². The van der Waals surface area contributed by atoms with Crippen molar-refractivity contribution in [3.8, 4) is 0 Å². The molecule has 0 unspecified atom stereocenters. The predicted octanol–water partition coefficient (Wildman–Crippen LogP) is 3.60. The molecule has 0 N–H and O–H groups in total. The normalized spacial score (nSPS) is 16.9. The second-order valence-corrected chi connectivity index (χ2v) is 4.80. The first kappa shape index (κ1) is 10.5. The Morgan fingerprint density at radius 3 is 1.93 bits per heavy atom. The van der Waals surface area contributed by atoms with Gasteiger partial charge in [0, 0.05) is 18.8 Å². The van der Waals surface area contributed by atoms with Gasteiger partial charge in [-0.1, -0.05) is 17.7 Å². The molecule has 1 nitrogen and oxygen atoms in total. The second-order valence-electron chi connectivity index (χ2n) is 4.80. The number of anilines is 1. The topological polar surface area (TPSA) is 3.24 Å². The minimum atomic E-state index is 1.24. The van der Waals surface area contributed by atoms with Gasteiger partial charge in [0.25, 0.3) is 0 Å². The Hall–Kier alpha value is -0.980. The Morgan fingerprint density at radius 2 is 1.40 bits per heavy atom. The molecule has 0 aliphatic carbocycles. The van der Waals surface area contributed by atoms with Crippen molar-refractivity contribution in [2.24, 2.45) is 0 Å². The summed E-state index contributed by atoms with van der Waals surface area (Å²) in [6.07, 6.45) is 4.11. The van der Waals surface area contributed by atoms with E-state index in [0.29, 0.717) is 0 Å². The third-order valence-electron chi connectivity index (χ3n) is 3.31. The Balaban J connectivity index is 2.33. The molecule has 0 atom stereocenters. The molecule has 1 aromatic carbocycles. The van der Waals surface area contributed by atoms with Gasteiger partial charge in [-0.15, -0.1) is 0 Å². The number of nitrogens with zero attached hydrogens (tertiary/aromatic N) is 1. The molecule has 0 saturated carbocycles. The van der Waals surface area contributed by atoms with Crippen LogP contribution in [-0.2, 0) is 0 Å². The number of piperidine rings is 1. The van der Waals surface area contributed by atoms with Crippen LogP contribution in [0.25, 0.3) is 0 Å². The van der Waals surface area contributed by atoms with Crippen LogP contribution in [0.15, 0.2) is 12.1 Å². The molecule has 1 heteroatoms. The summed E-state index contributed by atoms with van der Waals surface area (Å²) in [4.78, 5) is 2.56. The lowest BCUT2D eigenvalue weighted by Crippen LogP contribution is -2.30. The zero-order chi connectivity index (χ0) is 10.8. The van der Waals surface area contributed by atoms with Gasteiger partial charge in [0.2, 0.25) is 0 Å². The first-order valence-electron chi connectivity index (χ1n) is 6.01. The monoisotopic (exact) mass is 203 g/mol. The van der Waals surface area contributed by atoms with E-state index in [2.05, 4.69) is 37.8 Å². The minimum Gasteiger partial charge on any atom is -0.371 e. The van der Waals surface area contributed by atoms with Crippen LogP contribution in [0.5, 0.6) is 0 Å². The van der Waals surface area contributed by atoms with Crippen LogP contribution in [-0.4, -0.2) is 13.1 Å². The summed E-state index contributed by atoms with van der Waals surface area (Å²) in [5, 5.41) is 0. The summed E-state index contributed by atoms with van der Waals surface area (Å²) in [6.45, 7) is 9.14. The van der Waals surface area contributed by atoms with Gasteiger partial charge in [-0.05, 0) is 51.2 Å². The lowest BCUT2D eigenvalue weighted by molar-refractivity contribution is 0.576. The molecule has 0 spiro atoms. The number of rotatable bonds is 1. The van der Waals surface area contributed by atoms with Gasteiger partial charge in [0.1, 0.15) is 0 Å². The lowest BCUT2D eigenvalue weighted by atomic mass is 10.0. The standard InChI is InChI=1S/C14H21N/c1-11-9-12(2)14(13(3)10-11)15-7-5-4-6-8-15/h9-10H,4-8H2,1-3H3. The summed E-state index contributed by atoms with van der Waals surface area (Å²) in [5.41, 5.74) is 5.75. The van der Waals surface area contributed by atoms with Gasteiger partial charge in [-0.3, -0.25) is 0 Å². The molecule has 0 amide bonds. The predicted molar refractivity (Wildman–Crippen MR) is 66.7 cm³/mol. The highest BCUT2D eigenvalue weighted by atomic mass is 15.1. The molecular weight excluding hydrogens is 182 g/mol. The zero-order valence-corrected chi connectivity index (χ0v) is 10.1. The first-order valence-corrected chi connectivity index (χ1v) is 6.01. The van der Waals surface area contributed by atoms with Crippen molar-refractivity contribution in [3.63, 3.8) is 0 Å². The Bertz CT molecular complexity index is 325. The van der Waals surface area contributed by atoms with E-state index in [9.17, 15) is 0 Å². The van der Waals surface area contributed by atoms with E-state index in [4.69, 9.17) is 0 Å². The smallest absolute Gasteiger partial charge is 0.0425 e. The third kappa shape index (κ3) is 2.17. The quantitative estimate of drug-likeness (QED) is 0.674. The molecule has 1 heterocycles. The molecule has 0 radical (unpaired) electrons. The number of hydrogen-bond donors (Lipinski definition) is 0. The van der Waals surface area contributed by atoms with E-state index in [-0.39, 0.29) is 0 Å². The van der Waals surface area contributed by atoms with E-state index in [1.807, 2.05) is 0 Å². The highest BCUT2D eigenvalue weighted by Crippen LogP contribution is 2.28. The van der Waals surface area contributed by atoms with Crippen molar-refractivity contribution in [2.45, 2.75) is 40.0 Å². The van der Waals surface area contributed by atoms with Crippen LogP contribution >= 0.6 is 0 Å². The average molecular weight is 203 g/mol. The molecule has 1 fully saturated rings. The zero-order valence-electron chi connectivity index (χ0n) is 10.1. The molecular formula is C14H21N. The van der Waals surface area contributed by atoms with E-state index >= 15 is 0 Å². The summed E-state index contributed by atoms with van der Waals surface area (Å²) >= 11 is 0. The molecule has 15 heavy (non-hydrogen) atoms. The maximum Gasteiger partial charge on any atom is 0.0425 e. The molecule has 1 aliphatic rings. The number of benzene rings is 1. The van der Waals surface area contributed by atoms with Crippen LogP contribution in [0.4, 0.5) is 5.69 Å². The van der Waals surface area contributed by atoms with Crippen molar-refractivity contribution in [2.75, 3.05) is 18.0 Å². The van der Waals surface area contributed by atoms with E-state index < -0.39 is 0 Å². The van der Waals surface area contributed by atoms with Gasteiger partial charge >= 0.3 is 0 Å². The highest BCUT2D eigenvalue weighted by Gasteiger charge is 2.14. The van der Waals surface area contributed by atoms with Gasteiger partial charge in [-0.2, -0.15) is 0 Å². The van der Waals surface area contributed by atoms with E-state index in [1.165, 1.54) is 54.7 Å². The Morgan fingerprint density at radius 1 is 0.867 bits per heavy atom. The van der Waals surface area contributed by atoms with Crippen molar-refractivity contribution >= 4 is 5.69 Å². The molecule has 2 rings (SSSR count). The fourth-order valence-corrected chi connectivity index (χ4v) is 2.79. The van der Waals surface area contributed by atoms with Crippen molar-refractivity contribution in [3.05, 3.63) is 28.8 Å². The fraction of sp³-hybridized carbons (Fsp3) is 0.571. The van der Waals surface area contributed by atoms with Crippen LogP contribution in [0.2, 0.25) is 0 Å². The molecule has 82 valence electrons. The van der Waals surface area contributed by atoms with Gasteiger partial charge in [0.05, 0.1) is 0 Å². The summed E-state index contributed by atoms with van der Waals surface area (Å²) < 4.78 is 0. The molecule has 1 aromatic rings.